The van der Waals surface area contributed by atoms with Crippen molar-refractivity contribution in [2.75, 3.05) is 13.2 Å². The number of rotatable bonds is 8. The lowest BCUT2D eigenvalue weighted by molar-refractivity contribution is 0.301. The molecule has 0 aliphatic carbocycles. The van der Waals surface area contributed by atoms with E-state index in [1.54, 1.807) is 0 Å². The molecule has 2 aromatic carbocycles. The van der Waals surface area contributed by atoms with Gasteiger partial charge in [0.15, 0.2) is 0 Å². The van der Waals surface area contributed by atoms with Gasteiger partial charge in [-0.25, -0.2) is 4.98 Å². The van der Waals surface area contributed by atoms with Crippen molar-refractivity contribution in [2.24, 2.45) is 5.73 Å². The summed E-state index contributed by atoms with van der Waals surface area (Å²) >= 11 is 0. The van der Waals surface area contributed by atoms with Crippen LogP contribution in [0.2, 0.25) is 0 Å². The molecule has 0 aliphatic rings. The highest BCUT2D eigenvalue weighted by Crippen LogP contribution is 2.18. The average Bonchev–Trinajstić information content (AvgIpc) is 2.96. The summed E-state index contributed by atoms with van der Waals surface area (Å²) in [5.74, 6) is 2.05. The summed E-state index contributed by atoms with van der Waals surface area (Å²) in [6, 6.07) is 16.5. The second-order valence-corrected chi connectivity index (χ2v) is 6.08. The van der Waals surface area contributed by atoms with Crippen molar-refractivity contribution in [3.8, 4) is 5.75 Å². The molecule has 1 heterocycles. The second kappa shape index (κ2) is 7.97. The van der Waals surface area contributed by atoms with Gasteiger partial charge < -0.3 is 15.0 Å². The summed E-state index contributed by atoms with van der Waals surface area (Å²) in [6.45, 7) is 4.38. The Labute approximate surface area is 143 Å². The van der Waals surface area contributed by atoms with Crippen LogP contribution in [0.1, 0.15) is 24.2 Å². The SMILES string of the molecule is Cc1ccc(OCCCn2c(CCCN)nc3ccccc32)cc1. The smallest absolute Gasteiger partial charge is 0.119 e. The van der Waals surface area contributed by atoms with Crippen LogP contribution in [0.3, 0.4) is 0 Å². The highest BCUT2D eigenvalue weighted by atomic mass is 16.5. The number of hydrogen-bond acceptors (Lipinski definition) is 3. The maximum atomic E-state index is 5.84. The number of ether oxygens (including phenoxy) is 1. The standard InChI is InChI=1S/C20H25N3O/c1-16-9-11-17(12-10-16)24-15-5-14-23-19-7-3-2-6-18(19)22-20(23)8-4-13-21/h2-3,6-7,9-12H,4-5,8,13-15,21H2,1H3. The molecular formula is C20H25N3O. The van der Waals surface area contributed by atoms with E-state index in [0.717, 1.165) is 42.9 Å². The van der Waals surface area contributed by atoms with Gasteiger partial charge in [0.1, 0.15) is 11.6 Å². The van der Waals surface area contributed by atoms with Gasteiger partial charge in [0.25, 0.3) is 0 Å². The zero-order valence-electron chi connectivity index (χ0n) is 14.2. The molecule has 0 radical (unpaired) electrons. The third-order valence-corrected chi connectivity index (χ3v) is 4.15. The lowest BCUT2D eigenvalue weighted by Crippen LogP contribution is -2.09. The van der Waals surface area contributed by atoms with E-state index in [1.807, 2.05) is 18.2 Å². The number of aryl methyl sites for hydroxylation is 3. The van der Waals surface area contributed by atoms with E-state index < -0.39 is 0 Å². The lowest BCUT2D eigenvalue weighted by atomic mass is 10.2. The molecule has 0 aliphatic heterocycles. The second-order valence-electron chi connectivity index (χ2n) is 6.08. The van der Waals surface area contributed by atoms with E-state index >= 15 is 0 Å². The number of benzene rings is 2. The maximum Gasteiger partial charge on any atom is 0.119 e. The monoisotopic (exact) mass is 323 g/mol. The van der Waals surface area contributed by atoms with Crippen LogP contribution in [0, 0.1) is 6.92 Å². The van der Waals surface area contributed by atoms with E-state index in [0.29, 0.717) is 13.2 Å². The van der Waals surface area contributed by atoms with Gasteiger partial charge in [-0.1, -0.05) is 29.8 Å². The number of para-hydroxylation sites is 2. The molecule has 0 saturated heterocycles. The van der Waals surface area contributed by atoms with Gasteiger partial charge in [-0.15, -0.1) is 0 Å². The molecule has 0 atom stereocenters. The van der Waals surface area contributed by atoms with Crippen LogP contribution in [0.4, 0.5) is 0 Å². The quantitative estimate of drug-likeness (QED) is 0.643. The zero-order valence-corrected chi connectivity index (χ0v) is 14.2. The van der Waals surface area contributed by atoms with E-state index in [2.05, 4.69) is 41.8 Å². The Morgan fingerprint density at radius 1 is 1.04 bits per heavy atom. The average molecular weight is 323 g/mol. The first-order valence-electron chi connectivity index (χ1n) is 8.61. The van der Waals surface area contributed by atoms with Gasteiger partial charge >= 0.3 is 0 Å². The van der Waals surface area contributed by atoms with Crippen LogP contribution in [0.5, 0.6) is 5.75 Å². The van der Waals surface area contributed by atoms with E-state index in [1.165, 1.54) is 11.1 Å². The first-order valence-corrected chi connectivity index (χ1v) is 8.61. The Kier molecular flexibility index (Phi) is 5.49. The van der Waals surface area contributed by atoms with Crippen LogP contribution in [-0.4, -0.2) is 22.7 Å². The number of imidazole rings is 1. The fraction of sp³-hybridized carbons (Fsp3) is 0.350. The van der Waals surface area contributed by atoms with E-state index in [-0.39, 0.29) is 0 Å². The number of hydrogen-bond donors (Lipinski definition) is 1. The summed E-state index contributed by atoms with van der Waals surface area (Å²) < 4.78 is 8.15. The Hall–Kier alpha value is -2.33. The van der Waals surface area contributed by atoms with Crippen LogP contribution < -0.4 is 10.5 Å². The minimum absolute atomic E-state index is 0.694. The van der Waals surface area contributed by atoms with Crippen molar-refractivity contribution in [2.45, 2.75) is 32.7 Å². The van der Waals surface area contributed by atoms with Crippen LogP contribution in [0.15, 0.2) is 48.5 Å². The highest BCUT2D eigenvalue weighted by Gasteiger charge is 2.09. The molecule has 1 aromatic heterocycles. The lowest BCUT2D eigenvalue weighted by Gasteiger charge is -2.10. The molecule has 0 unspecified atom stereocenters. The van der Waals surface area contributed by atoms with Crippen molar-refractivity contribution in [3.05, 3.63) is 59.9 Å². The van der Waals surface area contributed by atoms with Crippen molar-refractivity contribution < 1.29 is 4.74 Å². The first-order chi connectivity index (χ1) is 11.8. The topological polar surface area (TPSA) is 53.1 Å². The largest absolute Gasteiger partial charge is 0.494 e. The predicted molar refractivity (Wildman–Crippen MR) is 98.4 cm³/mol. The summed E-state index contributed by atoms with van der Waals surface area (Å²) in [7, 11) is 0. The maximum absolute atomic E-state index is 5.84. The van der Waals surface area contributed by atoms with Crippen LogP contribution in [-0.2, 0) is 13.0 Å². The number of fused-ring (bicyclic) bond motifs is 1. The highest BCUT2D eigenvalue weighted by molar-refractivity contribution is 5.75. The summed E-state index contributed by atoms with van der Waals surface area (Å²) in [5.41, 5.74) is 9.16. The van der Waals surface area contributed by atoms with Crippen LogP contribution >= 0.6 is 0 Å². The Morgan fingerprint density at radius 2 is 1.83 bits per heavy atom. The van der Waals surface area contributed by atoms with E-state index in [9.17, 15) is 0 Å². The molecule has 4 nitrogen and oxygen atoms in total. The number of nitrogens with zero attached hydrogens (tertiary/aromatic N) is 2. The van der Waals surface area contributed by atoms with Crippen LogP contribution in [0.25, 0.3) is 11.0 Å². The number of nitrogens with two attached hydrogens (primary N) is 1. The summed E-state index contributed by atoms with van der Waals surface area (Å²) in [4.78, 5) is 4.76. The van der Waals surface area contributed by atoms with Gasteiger partial charge in [0.2, 0.25) is 0 Å². The molecule has 3 aromatic rings. The van der Waals surface area contributed by atoms with Gasteiger partial charge in [0, 0.05) is 13.0 Å². The molecule has 0 saturated carbocycles. The molecular weight excluding hydrogens is 298 g/mol. The normalized spacial score (nSPS) is 11.1. The molecule has 0 fully saturated rings. The molecule has 4 heteroatoms. The third-order valence-electron chi connectivity index (χ3n) is 4.15. The molecule has 24 heavy (non-hydrogen) atoms. The number of aromatic nitrogens is 2. The van der Waals surface area contributed by atoms with Gasteiger partial charge in [0.05, 0.1) is 17.6 Å². The summed E-state index contributed by atoms with van der Waals surface area (Å²) in [6.07, 6.45) is 2.83. The zero-order chi connectivity index (χ0) is 16.8. The van der Waals surface area contributed by atoms with Gasteiger partial charge in [-0.2, -0.15) is 0 Å². The molecule has 3 rings (SSSR count). The molecule has 126 valence electrons. The summed E-state index contributed by atoms with van der Waals surface area (Å²) in [5, 5.41) is 0. The van der Waals surface area contributed by atoms with Gasteiger partial charge in [-0.05, 0) is 50.6 Å². The Morgan fingerprint density at radius 3 is 2.62 bits per heavy atom. The van der Waals surface area contributed by atoms with Crippen molar-refractivity contribution in [1.82, 2.24) is 9.55 Å². The molecule has 2 N–H and O–H groups in total. The van der Waals surface area contributed by atoms with Crippen molar-refractivity contribution in [3.63, 3.8) is 0 Å². The molecule has 0 spiro atoms. The third kappa shape index (κ3) is 3.95. The van der Waals surface area contributed by atoms with Gasteiger partial charge in [-0.3, -0.25) is 0 Å². The van der Waals surface area contributed by atoms with Crippen molar-refractivity contribution in [1.29, 1.82) is 0 Å². The first kappa shape index (κ1) is 16.5. The predicted octanol–water partition coefficient (Wildman–Crippen LogP) is 3.71. The Balaban J connectivity index is 1.64. The minimum atomic E-state index is 0.694. The fourth-order valence-corrected chi connectivity index (χ4v) is 2.87. The minimum Gasteiger partial charge on any atom is -0.494 e. The van der Waals surface area contributed by atoms with E-state index in [4.69, 9.17) is 15.5 Å². The van der Waals surface area contributed by atoms with Crippen molar-refractivity contribution >= 4 is 11.0 Å². The molecule has 0 bridgehead atoms. The Bertz CT molecular complexity index is 777. The fourth-order valence-electron chi connectivity index (χ4n) is 2.87. The molecule has 0 amide bonds.